The number of hydrogen-bond acceptors (Lipinski definition) is 3. The first-order chi connectivity index (χ1) is 9.40. The van der Waals surface area contributed by atoms with Crippen LogP contribution >= 0.6 is 0 Å². The largest absolute Gasteiger partial charge is 0.295 e. The van der Waals surface area contributed by atoms with Gasteiger partial charge in [-0.2, -0.15) is 5.26 Å². The number of Topliss-reactive ketones (excluding diaryl/α,β-unsaturated/α-hetero) is 1. The van der Waals surface area contributed by atoms with Crippen LogP contribution in [0.15, 0.2) is 24.3 Å². The van der Waals surface area contributed by atoms with Crippen molar-refractivity contribution in [3.8, 4) is 6.07 Å². The summed E-state index contributed by atoms with van der Waals surface area (Å²) in [5, 5.41) is 8.76. The Morgan fingerprint density at radius 3 is 2.50 bits per heavy atom. The third-order valence-electron chi connectivity index (χ3n) is 4.20. The van der Waals surface area contributed by atoms with Crippen molar-refractivity contribution in [1.82, 2.24) is 4.90 Å². The summed E-state index contributed by atoms with van der Waals surface area (Å²) in [4.78, 5) is 14.5. The van der Waals surface area contributed by atoms with Crippen LogP contribution in [0.3, 0.4) is 0 Å². The van der Waals surface area contributed by atoms with Gasteiger partial charge < -0.3 is 0 Å². The highest BCUT2D eigenvalue weighted by Crippen LogP contribution is 2.33. The zero-order valence-corrected chi connectivity index (χ0v) is 12.5. The monoisotopic (exact) mass is 270 g/mol. The molecule has 1 unspecified atom stereocenters. The molecule has 3 heteroatoms. The van der Waals surface area contributed by atoms with E-state index in [9.17, 15) is 4.79 Å². The maximum atomic E-state index is 12.2. The Bertz CT molecular complexity index is 519. The Labute approximate surface area is 121 Å². The second kappa shape index (κ2) is 5.76. The summed E-state index contributed by atoms with van der Waals surface area (Å²) < 4.78 is 0. The highest BCUT2D eigenvalue weighted by atomic mass is 16.1. The van der Waals surface area contributed by atoms with Crippen LogP contribution < -0.4 is 0 Å². The summed E-state index contributed by atoms with van der Waals surface area (Å²) in [6.07, 6.45) is 1.17. The van der Waals surface area contributed by atoms with Crippen LogP contribution in [-0.2, 0) is 0 Å². The average Bonchev–Trinajstić information content (AvgIpc) is 2.87. The van der Waals surface area contributed by atoms with Gasteiger partial charge in [0.1, 0.15) is 0 Å². The van der Waals surface area contributed by atoms with Crippen LogP contribution in [0.25, 0.3) is 0 Å². The van der Waals surface area contributed by atoms with Crippen molar-refractivity contribution in [3.05, 3.63) is 35.4 Å². The molecule has 0 aromatic heterocycles. The Kier molecular flexibility index (Phi) is 4.25. The maximum Gasteiger partial charge on any atom is 0.176 e. The minimum absolute atomic E-state index is 0.143. The molecule has 3 nitrogen and oxygen atoms in total. The van der Waals surface area contributed by atoms with E-state index in [0.29, 0.717) is 29.0 Å². The first kappa shape index (κ1) is 14.7. The van der Waals surface area contributed by atoms with E-state index in [1.54, 1.807) is 24.3 Å². The molecule has 0 saturated carbocycles. The zero-order chi connectivity index (χ0) is 14.8. The van der Waals surface area contributed by atoms with E-state index in [-0.39, 0.29) is 5.78 Å². The molecule has 1 fully saturated rings. The molecule has 1 saturated heterocycles. The van der Waals surface area contributed by atoms with E-state index >= 15 is 0 Å². The molecule has 0 amide bonds. The zero-order valence-electron chi connectivity index (χ0n) is 12.5. The molecule has 1 aliphatic rings. The number of carbonyl (C=O) groups excluding carboxylic acids is 1. The third kappa shape index (κ3) is 3.46. The SMILES string of the molecule is CC(C)(C)C1CCN(CC(=O)c2ccc(C#N)cc2)C1. The van der Waals surface area contributed by atoms with Gasteiger partial charge in [0.2, 0.25) is 0 Å². The van der Waals surface area contributed by atoms with Crippen molar-refractivity contribution >= 4 is 5.78 Å². The lowest BCUT2D eigenvalue weighted by Gasteiger charge is -2.27. The van der Waals surface area contributed by atoms with Crippen LogP contribution in [-0.4, -0.2) is 30.3 Å². The summed E-state index contributed by atoms with van der Waals surface area (Å²) in [5.41, 5.74) is 1.60. The molecular formula is C17H22N2O. The van der Waals surface area contributed by atoms with Gasteiger partial charge in [0.15, 0.2) is 5.78 Å². The van der Waals surface area contributed by atoms with Crippen molar-refractivity contribution in [2.24, 2.45) is 11.3 Å². The normalized spacial score (nSPS) is 19.8. The summed E-state index contributed by atoms with van der Waals surface area (Å²) in [6.45, 7) is 9.30. The number of carbonyl (C=O) groups is 1. The first-order valence-corrected chi connectivity index (χ1v) is 7.16. The molecule has 1 aliphatic heterocycles. The van der Waals surface area contributed by atoms with Gasteiger partial charge >= 0.3 is 0 Å². The molecule has 0 bridgehead atoms. The molecule has 106 valence electrons. The predicted molar refractivity (Wildman–Crippen MR) is 79.5 cm³/mol. The van der Waals surface area contributed by atoms with E-state index in [4.69, 9.17) is 5.26 Å². The molecule has 1 aromatic carbocycles. The molecule has 1 aromatic rings. The molecule has 1 heterocycles. The lowest BCUT2D eigenvalue weighted by atomic mass is 9.80. The van der Waals surface area contributed by atoms with Crippen LogP contribution in [0.2, 0.25) is 0 Å². The van der Waals surface area contributed by atoms with Gasteiger partial charge in [-0.25, -0.2) is 0 Å². The van der Waals surface area contributed by atoms with Crippen LogP contribution in [0.4, 0.5) is 0 Å². The van der Waals surface area contributed by atoms with Crippen molar-refractivity contribution in [3.63, 3.8) is 0 Å². The Morgan fingerprint density at radius 1 is 1.35 bits per heavy atom. The number of ketones is 1. The highest BCUT2D eigenvalue weighted by Gasteiger charge is 2.32. The number of nitriles is 1. The van der Waals surface area contributed by atoms with Gasteiger partial charge in [0.05, 0.1) is 18.2 Å². The molecule has 20 heavy (non-hydrogen) atoms. The topological polar surface area (TPSA) is 44.1 Å². The number of nitrogens with zero attached hydrogens (tertiary/aromatic N) is 2. The Balaban J connectivity index is 1.94. The van der Waals surface area contributed by atoms with Crippen LogP contribution in [0.5, 0.6) is 0 Å². The average molecular weight is 270 g/mol. The molecule has 2 rings (SSSR count). The van der Waals surface area contributed by atoms with Crippen LogP contribution in [0.1, 0.15) is 43.1 Å². The van der Waals surface area contributed by atoms with E-state index in [2.05, 4.69) is 31.7 Å². The Morgan fingerprint density at radius 2 is 2.00 bits per heavy atom. The van der Waals surface area contributed by atoms with Gasteiger partial charge in [-0.15, -0.1) is 0 Å². The number of rotatable bonds is 3. The third-order valence-corrected chi connectivity index (χ3v) is 4.20. The van der Waals surface area contributed by atoms with Gasteiger partial charge in [0.25, 0.3) is 0 Å². The van der Waals surface area contributed by atoms with Gasteiger partial charge in [0, 0.05) is 12.1 Å². The van der Waals surface area contributed by atoms with Gasteiger partial charge in [-0.3, -0.25) is 9.69 Å². The van der Waals surface area contributed by atoms with Crippen molar-refractivity contribution in [2.75, 3.05) is 19.6 Å². The lowest BCUT2D eigenvalue weighted by molar-refractivity contribution is 0.0938. The molecule has 0 radical (unpaired) electrons. The summed E-state index contributed by atoms with van der Waals surface area (Å²) in [6, 6.07) is 8.97. The minimum Gasteiger partial charge on any atom is -0.295 e. The second-order valence-electron chi connectivity index (χ2n) is 6.70. The predicted octanol–water partition coefficient (Wildman–Crippen LogP) is 3.11. The van der Waals surface area contributed by atoms with E-state index in [1.165, 1.54) is 6.42 Å². The highest BCUT2D eigenvalue weighted by molar-refractivity contribution is 5.97. The smallest absolute Gasteiger partial charge is 0.176 e. The van der Waals surface area contributed by atoms with Crippen molar-refractivity contribution in [2.45, 2.75) is 27.2 Å². The van der Waals surface area contributed by atoms with Crippen LogP contribution in [0, 0.1) is 22.7 Å². The number of likely N-dealkylation sites (tertiary alicyclic amines) is 1. The fourth-order valence-electron chi connectivity index (χ4n) is 2.71. The van der Waals surface area contributed by atoms with Crippen molar-refractivity contribution < 1.29 is 4.79 Å². The summed E-state index contributed by atoms with van der Waals surface area (Å²) >= 11 is 0. The number of benzene rings is 1. The van der Waals surface area contributed by atoms with E-state index in [0.717, 1.165) is 13.1 Å². The fourth-order valence-corrected chi connectivity index (χ4v) is 2.71. The Hall–Kier alpha value is -1.66. The molecule has 0 N–H and O–H groups in total. The minimum atomic E-state index is 0.143. The molecule has 1 atom stereocenters. The van der Waals surface area contributed by atoms with Crippen molar-refractivity contribution in [1.29, 1.82) is 5.26 Å². The standard InChI is InChI=1S/C17H22N2O/c1-17(2,3)15-8-9-19(11-15)12-16(20)14-6-4-13(10-18)5-7-14/h4-7,15H,8-9,11-12H2,1-3H3. The quantitative estimate of drug-likeness (QED) is 0.793. The molecular weight excluding hydrogens is 248 g/mol. The maximum absolute atomic E-state index is 12.2. The molecule has 0 spiro atoms. The first-order valence-electron chi connectivity index (χ1n) is 7.16. The molecule has 0 aliphatic carbocycles. The number of hydrogen-bond donors (Lipinski definition) is 0. The summed E-state index contributed by atoms with van der Waals surface area (Å²) in [7, 11) is 0. The van der Waals surface area contributed by atoms with Gasteiger partial charge in [-0.05, 0) is 36.4 Å². The second-order valence-corrected chi connectivity index (χ2v) is 6.70. The fraction of sp³-hybridized carbons (Fsp3) is 0.529. The lowest BCUT2D eigenvalue weighted by Crippen LogP contribution is -2.30. The van der Waals surface area contributed by atoms with E-state index in [1.807, 2.05) is 0 Å². The van der Waals surface area contributed by atoms with Gasteiger partial charge in [-0.1, -0.05) is 32.9 Å². The summed E-state index contributed by atoms with van der Waals surface area (Å²) in [5.74, 6) is 0.806. The van der Waals surface area contributed by atoms with E-state index < -0.39 is 0 Å².